The van der Waals surface area contributed by atoms with Gasteiger partial charge < -0.3 is 20.5 Å². The molecule has 1 atom stereocenters. The van der Waals surface area contributed by atoms with Crippen LogP contribution in [0.2, 0.25) is 0 Å². The van der Waals surface area contributed by atoms with Gasteiger partial charge in [-0.05, 0) is 27.7 Å². The van der Waals surface area contributed by atoms with Crippen LogP contribution in [0.3, 0.4) is 0 Å². The third-order valence-corrected chi connectivity index (χ3v) is 1.75. The molecule has 0 aliphatic heterocycles. The first-order valence-electron chi connectivity index (χ1n) is 5.52. The van der Waals surface area contributed by atoms with Crippen molar-refractivity contribution < 1.29 is 29.0 Å². The van der Waals surface area contributed by atoms with Gasteiger partial charge in [0.15, 0.2) is 11.8 Å². The molecule has 2 amide bonds. The number of hydrogen-bond acceptors (Lipinski definition) is 5. The molecule has 0 aromatic heterocycles. The highest BCUT2D eigenvalue weighted by atomic mass is 16.6. The van der Waals surface area contributed by atoms with Gasteiger partial charge in [0.05, 0.1) is 0 Å². The Morgan fingerprint density at radius 1 is 1.21 bits per heavy atom. The number of carbonyl (C=O) groups is 4. The van der Waals surface area contributed by atoms with Gasteiger partial charge in [0.2, 0.25) is 5.91 Å². The summed E-state index contributed by atoms with van der Waals surface area (Å²) in [4.78, 5) is 44.1. The number of rotatable bonds is 5. The Balaban J connectivity index is 4.22. The van der Waals surface area contributed by atoms with Crippen molar-refractivity contribution in [3.05, 3.63) is 0 Å². The molecule has 0 aliphatic carbocycles. The molecule has 0 rings (SSSR count). The molecule has 0 aromatic carbocycles. The van der Waals surface area contributed by atoms with Crippen molar-refractivity contribution >= 4 is 23.8 Å². The lowest BCUT2D eigenvalue weighted by Gasteiger charge is -2.19. The highest BCUT2D eigenvalue weighted by molar-refractivity contribution is 6.04. The van der Waals surface area contributed by atoms with E-state index >= 15 is 0 Å². The zero-order valence-corrected chi connectivity index (χ0v) is 11.3. The van der Waals surface area contributed by atoms with Crippen molar-refractivity contribution in [3.63, 3.8) is 0 Å². The topological polar surface area (TPSA) is 122 Å². The second-order valence-corrected chi connectivity index (χ2v) is 4.80. The fourth-order valence-electron chi connectivity index (χ4n) is 1.02. The van der Waals surface area contributed by atoms with Crippen molar-refractivity contribution in [3.8, 4) is 0 Å². The van der Waals surface area contributed by atoms with Gasteiger partial charge in [-0.1, -0.05) is 0 Å². The van der Waals surface area contributed by atoms with E-state index in [1.54, 1.807) is 20.8 Å². The molecule has 0 saturated carbocycles. The minimum atomic E-state index is -1.62. The lowest BCUT2D eigenvalue weighted by Crippen LogP contribution is -2.49. The Morgan fingerprint density at radius 2 is 1.74 bits per heavy atom. The van der Waals surface area contributed by atoms with Crippen LogP contribution in [0.4, 0.5) is 4.79 Å². The third kappa shape index (κ3) is 7.74. The molecule has 0 aromatic rings. The van der Waals surface area contributed by atoms with Gasteiger partial charge in [0.1, 0.15) is 12.1 Å². The highest BCUT2D eigenvalue weighted by Gasteiger charge is 2.24. The van der Waals surface area contributed by atoms with E-state index < -0.39 is 41.9 Å². The zero-order chi connectivity index (χ0) is 15.2. The summed E-state index contributed by atoms with van der Waals surface area (Å²) in [7, 11) is 0. The van der Waals surface area contributed by atoms with E-state index in [0.29, 0.717) is 0 Å². The predicted octanol–water partition coefficient (Wildman–Crippen LogP) is -0.331. The number of carbonyl (C=O) groups excluding carboxylic acids is 3. The number of aliphatic carboxylic acids is 1. The molecule has 8 heteroatoms. The molecular formula is C11H18N2O6. The quantitative estimate of drug-likeness (QED) is 0.590. The van der Waals surface area contributed by atoms with Gasteiger partial charge in [-0.3, -0.25) is 9.59 Å². The summed E-state index contributed by atoms with van der Waals surface area (Å²) in [6.07, 6.45) is -0.808. The maximum atomic E-state index is 11.3. The molecule has 0 saturated heterocycles. The minimum Gasteiger partial charge on any atom is -0.479 e. The number of carboxylic acids is 1. The lowest BCUT2D eigenvalue weighted by atomic mass is 10.2. The molecular weight excluding hydrogens is 256 g/mol. The number of ether oxygens (including phenoxy) is 1. The minimum absolute atomic E-state index is 0.480. The van der Waals surface area contributed by atoms with Crippen LogP contribution in [-0.2, 0) is 19.1 Å². The molecule has 1 unspecified atom stereocenters. The number of ketones is 1. The van der Waals surface area contributed by atoms with Crippen molar-refractivity contribution in [2.45, 2.75) is 39.3 Å². The molecule has 0 spiro atoms. The Morgan fingerprint density at radius 3 is 2.11 bits per heavy atom. The van der Waals surface area contributed by atoms with E-state index in [1.807, 2.05) is 5.32 Å². The third-order valence-electron chi connectivity index (χ3n) is 1.75. The lowest BCUT2D eigenvalue weighted by molar-refractivity contribution is -0.145. The van der Waals surface area contributed by atoms with Crippen LogP contribution in [0.1, 0.15) is 27.7 Å². The number of nitrogens with one attached hydrogen (secondary N) is 2. The smallest absolute Gasteiger partial charge is 0.408 e. The Kier molecular flexibility index (Phi) is 5.97. The Labute approximate surface area is 110 Å². The molecule has 108 valence electrons. The van der Waals surface area contributed by atoms with E-state index in [0.717, 1.165) is 6.92 Å². The fraction of sp³-hybridized carbons (Fsp3) is 0.636. The van der Waals surface area contributed by atoms with Crippen LogP contribution in [0, 0.1) is 0 Å². The average Bonchev–Trinajstić information content (AvgIpc) is 2.19. The summed E-state index contributed by atoms with van der Waals surface area (Å²) >= 11 is 0. The summed E-state index contributed by atoms with van der Waals surface area (Å²) in [6.45, 7) is 5.53. The first-order valence-corrected chi connectivity index (χ1v) is 5.52. The number of hydrogen-bond donors (Lipinski definition) is 3. The SMILES string of the molecule is CC(=O)C(NC(=O)CNC(=O)OC(C)(C)C)C(=O)O. The summed E-state index contributed by atoms with van der Waals surface area (Å²) in [6, 6.07) is -1.62. The van der Waals surface area contributed by atoms with Gasteiger partial charge in [-0.25, -0.2) is 9.59 Å². The first-order chi connectivity index (χ1) is 8.53. The van der Waals surface area contributed by atoms with Gasteiger partial charge in [0, 0.05) is 0 Å². The summed E-state index contributed by atoms with van der Waals surface area (Å²) < 4.78 is 4.87. The van der Waals surface area contributed by atoms with Crippen molar-refractivity contribution in [1.29, 1.82) is 0 Å². The summed E-state index contributed by atoms with van der Waals surface area (Å²) in [5.41, 5.74) is -0.705. The van der Waals surface area contributed by atoms with Crippen LogP contribution in [0.25, 0.3) is 0 Å². The molecule has 0 fully saturated rings. The van der Waals surface area contributed by atoms with Crippen LogP contribution >= 0.6 is 0 Å². The predicted molar refractivity (Wildman–Crippen MR) is 64.5 cm³/mol. The zero-order valence-electron chi connectivity index (χ0n) is 11.3. The van der Waals surface area contributed by atoms with Crippen LogP contribution in [0.15, 0.2) is 0 Å². The monoisotopic (exact) mass is 274 g/mol. The average molecular weight is 274 g/mol. The molecule has 0 aliphatic rings. The number of carboxylic acid groups (broad SMARTS) is 1. The summed E-state index contributed by atoms with van der Waals surface area (Å²) in [5, 5.41) is 12.8. The second kappa shape index (κ2) is 6.72. The highest BCUT2D eigenvalue weighted by Crippen LogP contribution is 2.05. The number of Topliss-reactive ketones (excluding diaryl/α,β-unsaturated/α-hetero) is 1. The van der Waals surface area contributed by atoms with Gasteiger partial charge >= 0.3 is 12.1 Å². The van der Waals surface area contributed by atoms with Crippen molar-refractivity contribution in [1.82, 2.24) is 10.6 Å². The molecule has 0 heterocycles. The van der Waals surface area contributed by atoms with E-state index in [-0.39, 0.29) is 0 Å². The van der Waals surface area contributed by atoms with Crippen LogP contribution < -0.4 is 10.6 Å². The molecule has 19 heavy (non-hydrogen) atoms. The molecule has 0 bridgehead atoms. The van der Waals surface area contributed by atoms with E-state index in [4.69, 9.17) is 9.84 Å². The van der Waals surface area contributed by atoms with Crippen LogP contribution in [-0.4, -0.2) is 47.0 Å². The molecule has 0 radical (unpaired) electrons. The van der Waals surface area contributed by atoms with Crippen molar-refractivity contribution in [2.75, 3.05) is 6.54 Å². The Hall–Kier alpha value is -2.12. The van der Waals surface area contributed by atoms with Gasteiger partial charge in [0.25, 0.3) is 0 Å². The second-order valence-electron chi connectivity index (χ2n) is 4.80. The van der Waals surface area contributed by atoms with Gasteiger partial charge in [-0.15, -0.1) is 0 Å². The fourth-order valence-corrected chi connectivity index (χ4v) is 1.02. The van der Waals surface area contributed by atoms with Gasteiger partial charge in [-0.2, -0.15) is 0 Å². The summed E-state index contributed by atoms with van der Waals surface area (Å²) in [5.74, 6) is -2.97. The van der Waals surface area contributed by atoms with E-state index in [1.165, 1.54) is 0 Å². The van der Waals surface area contributed by atoms with Crippen LogP contribution in [0.5, 0.6) is 0 Å². The molecule has 8 nitrogen and oxygen atoms in total. The number of alkyl carbamates (subject to hydrolysis) is 1. The van der Waals surface area contributed by atoms with E-state index in [2.05, 4.69) is 5.32 Å². The standard InChI is InChI=1S/C11H18N2O6/c1-6(14)8(9(16)17)13-7(15)5-12-10(18)19-11(2,3)4/h8H,5H2,1-4H3,(H,12,18)(H,13,15)(H,16,17). The Bertz CT molecular complexity index is 371. The first kappa shape index (κ1) is 16.9. The number of amides is 2. The maximum absolute atomic E-state index is 11.3. The maximum Gasteiger partial charge on any atom is 0.408 e. The molecule has 3 N–H and O–H groups in total. The van der Waals surface area contributed by atoms with E-state index in [9.17, 15) is 19.2 Å². The normalized spacial score (nSPS) is 12.2. The van der Waals surface area contributed by atoms with Crippen molar-refractivity contribution in [2.24, 2.45) is 0 Å². The largest absolute Gasteiger partial charge is 0.479 e.